The summed E-state index contributed by atoms with van der Waals surface area (Å²) in [6.45, 7) is 3.44. The lowest BCUT2D eigenvalue weighted by molar-refractivity contribution is -0.143. The zero-order valence-electron chi connectivity index (χ0n) is 20.9. The van der Waals surface area contributed by atoms with Gasteiger partial charge in [0, 0.05) is 32.2 Å². The number of nitrogens with zero attached hydrogens (tertiary/aromatic N) is 2. The summed E-state index contributed by atoms with van der Waals surface area (Å²) in [6, 6.07) is 13.3. The van der Waals surface area contributed by atoms with Crippen molar-refractivity contribution in [3.8, 4) is 5.75 Å². The number of hydrogen-bond acceptors (Lipinski definition) is 5. The van der Waals surface area contributed by atoms with Crippen LogP contribution in [0.2, 0.25) is 0 Å². The van der Waals surface area contributed by atoms with E-state index in [1.807, 2.05) is 17.0 Å². The molecule has 0 aromatic heterocycles. The lowest BCUT2D eigenvalue weighted by Crippen LogP contribution is -2.54. The second kappa shape index (κ2) is 10.3. The van der Waals surface area contributed by atoms with Gasteiger partial charge in [-0.05, 0) is 48.6 Å². The average molecular weight is 492 g/mol. The van der Waals surface area contributed by atoms with Gasteiger partial charge in [0.1, 0.15) is 18.5 Å². The predicted molar refractivity (Wildman–Crippen MR) is 135 cm³/mol. The maximum atomic E-state index is 13.3. The molecule has 0 bridgehead atoms. The molecule has 0 spiro atoms. The van der Waals surface area contributed by atoms with Crippen LogP contribution in [0.5, 0.6) is 5.75 Å². The fourth-order valence-electron chi connectivity index (χ4n) is 5.39. The molecule has 3 atom stereocenters. The number of hydrogen-bond donors (Lipinski definition) is 1. The fraction of sp³-hybridized carbons (Fsp3) is 0.464. The summed E-state index contributed by atoms with van der Waals surface area (Å²) in [7, 11) is 1.78. The van der Waals surface area contributed by atoms with Crippen LogP contribution in [0.25, 0.3) is 0 Å². The molecule has 36 heavy (non-hydrogen) atoms. The number of rotatable bonds is 4. The molecular weight excluding hydrogens is 458 g/mol. The molecule has 8 heteroatoms. The van der Waals surface area contributed by atoms with Crippen molar-refractivity contribution in [2.45, 2.75) is 63.8 Å². The normalized spacial score (nSPS) is 23.4. The number of anilines is 1. The molecule has 8 nitrogen and oxygen atoms in total. The van der Waals surface area contributed by atoms with Gasteiger partial charge in [0.25, 0.3) is 5.91 Å². The van der Waals surface area contributed by atoms with Gasteiger partial charge < -0.3 is 24.6 Å². The van der Waals surface area contributed by atoms with E-state index in [2.05, 4.69) is 17.4 Å². The molecule has 0 unspecified atom stereocenters. The lowest BCUT2D eigenvalue weighted by atomic mass is 9.94. The van der Waals surface area contributed by atoms with Gasteiger partial charge in [-0.25, -0.2) is 0 Å². The Kier molecular flexibility index (Phi) is 6.96. The van der Waals surface area contributed by atoms with Crippen LogP contribution in [-0.2, 0) is 27.3 Å². The number of likely N-dealkylation sites (N-methyl/N-ethyl adjacent to an activating group) is 1. The topological polar surface area (TPSA) is 88.2 Å². The third-order valence-corrected chi connectivity index (χ3v) is 7.50. The Labute approximate surface area is 211 Å². The van der Waals surface area contributed by atoms with Crippen LogP contribution in [0.15, 0.2) is 42.5 Å². The van der Waals surface area contributed by atoms with Gasteiger partial charge in [0.15, 0.2) is 0 Å². The van der Waals surface area contributed by atoms with Gasteiger partial charge in [-0.15, -0.1) is 0 Å². The van der Waals surface area contributed by atoms with Crippen molar-refractivity contribution in [3.63, 3.8) is 0 Å². The zero-order valence-corrected chi connectivity index (χ0v) is 20.9. The Bertz CT molecular complexity index is 1170. The standard InChI is InChI=1S/C28H33N3O5/c1-3-26(32)29-20-8-11-24-22(14-20)28(34)30(2)23-10-9-21(36-25(23)17-35-24)15-27(33)31-13-12-18-6-4-5-7-19(18)16-31/h4-8,11,14,21,23,25H,3,9-10,12-13,15-17H2,1-2H3,(H,29,32)/t21-,23-,25+/m1/s1. The largest absolute Gasteiger partial charge is 0.490 e. The molecule has 5 rings (SSSR count). The van der Waals surface area contributed by atoms with E-state index in [-0.39, 0.29) is 42.6 Å². The number of benzene rings is 2. The Morgan fingerprint density at radius 1 is 1.11 bits per heavy atom. The molecule has 0 radical (unpaired) electrons. The molecule has 1 N–H and O–H groups in total. The van der Waals surface area contributed by atoms with E-state index in [4.69, 9.17) is 9.47 Å². The van der Waals surface area contributed by atoms with E-state index in [9.17, 15) is 14.4 Å². The molecule has 3 heterocycles. The number of ether oxygens (including phenoxy) is 2. The number of carbonyl (C=O) groups excluding carboxylic acids is 3. The highest BCUT2D eigenvalue weighted by atomic mass is 16.5. The molecule has 1 saturated heterocycles. The summed E-state index contributed by atoms with van der Waals surface area (Å²) in [5.74, 6) is 0.291. The molecule has 2 aromatic rings. The summed E-state index contributed by atoms with van der Waals surface area (Å²) in [5, 5.41) is 2.80. The first kappa shape index (κ1) is 24.3. The van der Waals surface area contributed by atoms with Crippen molar-refractivity contribution in [2.24, 2.45) is 0 Å². The first-order valence-electron chi connectivity index (χ1n) is 12.8. The summed E-state index contributed by atoms with van der Waals surface area (Å²) >= 11 is 0. The van der Waals surface area contributed by atoms with Crippen molar-refractivity contribution < 1.29 is 23.9 Å². The van der Waals surface area contributed by atoms with E-state index in [1.54, 1.807) is 37.1 Å². The van der Waals surface area contributed by atoms with Gasteiger partial charge in [-0.3, -0.25) is 14.4 Å². The monoisotopic (exact) mass is 491 g/mol. The van der Waals surface area contributed by atoms with Crippen LogP contribution in [0.4, 0.5) is 5.69 Å². The highest BCUT2D eigenvalue weighted by Gasteiger charge is 2.39. The van der Waals surface area contributed by atoms with Crippen LogP contribution in [0.3, 0.4) is 0 Å². The van der Waals surface area contributed by atoms with Crippen LogP contribution in [0, 0.1) is 0 Å². The fourth-order valence-corrected chi connectivity index (χ4v) is 5.39. The Morgan fingerprint density at radius 3 is 2.72 bits per heavy atom. The van der Waals surface area contributed by atoms with Crippen molar-refractivity contribution in [2.75, 3.05) is 25.5 Å². The van der Waals surface area contributed by atoms with E-state index < -0.39 is 0 Å². The molecule has 2 aromatic carbocycles. The number of carbonyl (C=O) groups is 3. The number of fused-ring (bicyclic) bond motifs is 3. The Morgan fingerprint density at radius 2 is 1.92 bits per heavy atom. The average Bonchev–Trinajstić information content (AvgIpc) is 2.90. The molecular formula is C28H33N3O5. The molecule has 0 saturated carbocycles. The van der Waals surface area contributed by atoms with Crippen molar-refractivity contribution in [1.29, 1.82) is 0 Å². The highest BCUT2D eigenvalue weighted by Crippen LogP contribution is 2.33. The second-order valence-electron chi connectivity index (χ2n) is 9.82. The van der Waals surface area contributed by atoms with Crippen molar-refractivity contribution in [3.05, 3.63) is 59.2 Å². The van der Waals surface area contributed by atoms with Crippen LogP contribution in [-0.4, -0.2) is 66.0 Å². The van der Waals surface area contributed by atoms with E-state index in [1.165, 1.54) is 11.1 Å². The summed E-state index contributed by atoms with van der Waals surface area (Å²) < 4.78 is 12.4. The lowest BCUT2D eigenvalue weighted by Gasteiger charge is -2.42. The third-order valence-electron chi connectivity index (χ3n) is 7.50. The van der Waals surface area contributed by atoms with E-state index in [0.717, 1.165) is 19.4 Å². The van der Waals surface area contributed by atoms with E-state index in [0.29, 0.717) is 42.8 Å². The number of nitrogens with one attached hydrogen (secondary N) is 1. The van der Waals surface area contributed by atoms with Gasteiger partial charge in [-0.1, -0.05) is 31.2 Å². The molecule has 1 fully saturated rings. The predicted octanol–water partition coefficient (Wildman–Crippen LogP) is 3.39. The maximum absolute atomic E-state index is 13.3. The smallest absolute Gasteiger partial charge is 0.257 e. The first-order valence-corrected chi connectivity index (χ1v) is 12.8. The van der Waals surface area contributed by atoms with Gasteiger partial charge in [0.2, 0.25) is 11.8 Å². The summed E-state index contributed by atoms with van der Waals surface area (Å²) in [6.07, 6.45) is 2.49. The highest BCUT2D eigenvalue weighted by molar-refractivity contribution is 5.99. The van der Waals surface area contributed by atoms with Crippen molar-refractivity contribution in [1.82, 2.24) is 9.80 Å². The Balaban J connectivity index is 1.24. The summed E-state index contributed by atoms with van der Waals surface area (Å²) in [5.41, 5.74) is 3.53. The van der Waals surface area contributed by atoms with Crippen LogP contribution < -0.4 is 10.1 Å². The minimum Gasteiger partial charge on any atom is -0.490 e. The zero-order chi connectivity index (χ0) is 25.2. The van der Waals surface area contributed by atoms with Gasteiger partial charge in [0.05, 0.1) is 24.1 Å². The van der Waals surface area contributed by atoms with Gasteiger partial charge in [-0.2, -0.15) is 0 Å². The number of amides is 3. The third kappa shape index (κ3) is 4.95. The minimum atomic E-state index is -0.319. The van der Waals surface area contributed by atoms with E-state index >= 15 is 0 Å². The SMILES string of the molecule is CCC(=O)Nc1ccc2c(c1)C(=O)N(C)[C@@H]1CC[C@H](CC(=O)N3CCc4ccccc4C3)O[C@H]1CO2. The molecule has 3 amide bonds. The molecule has 0 aliphatic carbocycles. The van der Waals surface area contributed by atoms with Crippen LogP contribution in [0.1, 0.15) is 54.1 Å². The quantitative estimate of drug-likeness (QED) is 0.708. The molecule has 3 aliphatic rings. The minimum absolute atomic E-state index is 0.108. The first-order chi connectivity index (χ1) is 17.4. The summed E-state index contributed by atoms with van der Waals surface area (Å²) in [4.78, 5) is 41.9. The molecule has 3 aliphatic heterocycles. The molecule has 190 valence electrons. The Hall–Kier alpha value is -3.39. The maximum Gasteiger partial charge on any atom is 0.257 e. The van der Waals surface area contributed by atoms with Crippen molar-refractivity contribution >= 4 is 23.4 Å². The second-order valence-corrected chi connectivity index (χ2v) is 9.82. The van der Waals surface area contributed by atoms with Crippen LogP contribution >= 0.6 is 0 Å². The van der Waals surface area contributed by atoms with Gasteiger partial charge >= 0.3 is 0 Å².